The second-order valence-electron chi connectivity index (χ2n) is 8.65. The Morgan fingerprint density at radius 1 is 0.879 bits per heavy atom. The SMILES string of the molecule is Cc1cccc(C)c1-c1ccc2nc(Nc3ccc(OCCN4CCCC4)cc3)nnc2c1. The Morgan fingerprint density at radius 2 is 1.64 bits per heavy atom. The maximum Gasteiger partial charge on any atom is 0.247 e. The molecule has 4 aromatic rings. The second-order valence-corrected chi connectivity index (χ2v) is 8.65. The molecule has 3 aromatic carbocycles. The van der Waals surface area contributed by atoms with E-state index in [9.17, 15) is 0 Å². The van der Waals surface area contributed by atoms with Crippen LogP contribution in [-0.4, -0.2) is 46.3 Å². The van der Waals surface area contributed by atoms with Gasteiger partial charge in [0.25, 0.3) is 0 Å². The number of likely N-dealkylation sites (tertiary alicyclic amines) is 1. The molecule has 0 atom stereocenters. The third kappa shape index (κ3) is 4.96. The number of nitrogens with one attached hydrogen (secondary N) is 1. The van der Waals surface area contributed by atoms with Gasteiger partial charge < -0.3 is 10.1 Å². The average molecular weight is 440 g/mol. The molecule has 1 aromatic heterocycles. The number of fused-ring (bicyclic) bond motifs is 1. The monoisotopic (exact) mass is 439 g/mol. The quantitative estimate of drug-likeness (QED) is 0.409. The Bertz CT molecular complexity index is 1230. The number of benzene rings is 3. The predicted molar refractivity (Wildman–Crippen MR) is 133 cm³/mol. The standard InChI is InChI=1S/C27H29N5O/c1-19-6-5-7-20(2)26(19)21-8-13-24-25(18-21)30-31-27(29-24)28-22-9-11-23(12-10-22)33-17-16-32-14-3-4-15-32/h5-13,18H,3-4,14-17H2,1-2H3,(H,28,29,31). The highest BCUT2D eigenvalue weighted by Gasteiger charge is 2.11. The van der Waals surface area contributed by atoms with Crippen molar-refractivity contribution in [2.75, 3.05) is 31.6 Å². The maximum absolute atomic E-state index is 5.88. The first-order valence-electron chi connectivity index (χ1n) is 11.6. The summed E-state index contributed by atoms with van der Waals surface area (Å²) in [5, 5.41) is 11.9. The Kier molecular flexibility index (Phi) is 6.17. The predicted octanol–water partition coefficient (Wildman–Crippen LogP) is 5.53. The molecule has 0 radical (unpaired) electrons. The van der Waals surface area contributed by atoms with Crippen molar-refractivity contribution < 1.29 is 4.74 Å². The topological polar surface area (TPSA) is 63.2 Å². The van der Waals surface area contributed by atoms with Crippen molar-refractivity contribution >= 4 is 22.7 Å². The van der Waals surface area contributed by atoms with Gasteiger partial charge in [0, 0.05) is 12.2 Å². The number of hydrogen-bond acceptors (Lipinski definition) is 6. The first-order chi connectivity index (χ1) is 16.2. The van der Waals surface area contributed by atoms with Gasteiger partial charge in [0.15, 0.2) is 0 Å². The van der Waals surface area contributed by atoms with Gasteiger partial charge in [-0.15, -0.1) is 10.2 Å². The second kappa shape index (κ2) is 9.55. The molecule has 1 saturated heterocycles. The lowest BCUT2D eigenvalue weighted by Gasteiger charge is -2.15. The van der Waals surface area contributed by atoms with Gasteiger partial charge in [0.05, 0.1) is 5.52 Å². The molecule has 0 amide bonds. The smallest absolute Gasteiger partial charge is 0.247 e. The molecule has 0 bridgehead atoms. The highest BCUT2D eigenvalue weighted by molar-refractivity contribution is 5.83. The molecule has 5 rings (SSSR count). The number of rotatable bonds is 7. The van der Waals surface area contributed by atoms with E-state index >= 15 is 0 Å². The maximum atomic E-state index is 5.88. The molecule has 0 saturated carbocycles. The molecule has 1 fully saturated rings. The van der Waals surface area contributed by atoms with Crippen LogP contribution in [0, 0.1) is 13.8 Å². The van der Waals surface area contributed by atoms with Crippen molar-refractivity contribution in [3.05, 3.63) is 71.8 Å². The van der Waals surface area contributed by atoms with Crippen LogP contribution in [-0.2, 0) is 0 Å². The Balaban J connectivity index is 1.25. The number of anilines is 2. The van der Waals surface area contributed by atoms with Crippen LogP contribution < -0.4 is 10.1 Å². The van der Waals surface area contributed by atoms with Crippen LogP contribution in [0.4, 0.5) is 11.6 Å². The van der Waals surface area contributed by atoms with Gasteiger partial charge in [0.2, 0.25) is 5.95 Å². The summed E-state index contributed by atoms with van der Waals surface area (Å²) in [6.45, 7) is 8.36. The van der Waals surface area contributed by atoms with Crippen molar-refractivity contribution in [3.8, 4) is 16.9 Å². The summed E-state index contributed by atoms with van der Waals surface area (Å²) in [5.74, 6) is 1.35. The fourth-order valence-corrected chi connectivity index (χ4v) is 4.48. The van der Waals surface area contributed by atoms with E-state index in [2.05, 4.69) is 69.6 Å². The number of ether oxygens (including phenoxy) is 1. The molecule has 2 heterocycles. The summed E-state index contributed by atoms with van der Waals surface area (Å²) >= 11 is 0. The van der Waals surface area contributed by atoms with Crippen LogP contribution in [0.25, 0.3) is 22.2 Å². The van der Waals surface area contributed by atoms with Gasteiger partial charge in [-0.3, -0.25) is 4.90 Å². The minimum absolute atomic E-state index is 0.477. The number of hydrogen-bond donors (Lipinski definition) is 1. The van der Waals surface area contributed by atoms with Crippen LogP contribution in [0.1, 0.15) is 24.0 Å². The van der Waals surface area contributed by atoms with Crippen molar-refractivity contribution in [3.63, 3.8) is 0 Å². The van der Waals surface area contributed by atoms with E-state index in [1.165, 1.54) is 42.6 Å². The molecule has 1 aliphatic rings. The fraction of sp³-hybridized carbons (Fsp3) is 0.296. The summed E-state index contributed by atoms with van der Waals surface area (Å²) in [6.07, 6.45) is 2.61. The lowest BCUT2D eigenvalue weighted by molar-refractivity contribution is 0.238. The van der Waals surface area contributed by atoms with Crippen molar-refractivity contribution in [2.24, 2.45) is 0 Å². The zero-order valence-electron chi connectivity index (χ0n) is 19.2. The zero-order chi connectivity index (χ0) is 22.6. The first-order valence-corrected chi connectivity index (χ1v) is 11.6. The minimum atomic E-state index is 0.477. The summed E-state index contributed by atoms with van der Waals surface area (Å²) in [6, 6.07) is 20.4. The van der Waals surface area contributed by atoms with Crippen molar-refractivity contribution in [1.82, 2.24) is 20.1 Å². The van der Waals surface area contributed by atoms with E-state index in [0.717, 1.165) is 34.6 Å². The van der Waals surface area contributed by atoms with Crippen LogP contribution in [0.2, 0.25) is 0 Å². The summed E-state index contributed by atoms with van der Waals surface area (Å²) in [4.78, 5) is 7.09. The Hall–Kier alpha value is -3.51. The third-order valence-corrected chi connectivity index (χ3v) is 6.21. The molecule has 6 heteroatoms. The summed E-state index contributed by atoms with van der Waals surface area (Å²) < 4.78 is 5.88. The highest BCUT2D eigenvalue weighted by Crippen LogP contribution is 2.29. The molecule has 0 unspecified atom stereocenters. The van der Waals surface area contributed by atoms with Gasteiger partial charge in [-0.25, -0.2) is 4.98 Å². The van der Waals surface area contributed by atoms with E-state index in [-0.39, 0.29) is 0 Å². The van der Waals surface area contributed by atoms with E-state index in [4.69, 9.17) is 4.74 Å². The van der Waals surface area contributed by atoms with Crippen molar-refractivity contribution in [1.29, 1.82) is 0 Å². The molecule has 0 spiro atoms. The van der Waals surface area contributed by atoms with Crippen LogP contribution >= 0.6 is 0 Å². The van der Waals surface area contributed by atoms with Crippen LogP contribution in [0.3, 0.4) is 0 Å². The average Bonchev–Trinajstić information content (AvgIpc) is 3.34. The molecule has 0 aliphatic carbocycles. The van der Waals surface area contributed by atoms with Gasteiger partial charge in [0.1, 0.15) is 17.9 Å². The zero-order valence-corrected chi connectivity index (χ0v) is 19.2. The van der Waals surface area contributed by atoms with Crippen molar-refractivity contribution in [2.45, 2.75) is 26.7 Å². The van der Waals surface area contributed by atoms with Gasteiger partial charge in [-0.2, -0.15) is 0 Å². The first kappa shape index (κ1) is 21.3. The van der Waals surface area contributed by atoms with E-state index in [1.807, 2.05) is 30.3 Å². The molecule has 168 valence electrons. The number of aryl methyl sites for hydroxylation is 2. The molecular formula is C27H29N5O. The van der Waals surface area contributed by atoms with Gasteiger partial charge in [-0.05, 0) is 98.4 Å². The third-order valence-electron chi connectivity index (χ3n) is 6.21. The summed E-state index contributed by atoms with van der Waals surface area (Å²) in [7, 11) is 0. The lowest BCUT2D eigenvalue weighted by Crippen LogP contribution is -2.25. The van der Waals surface area contributed by atoms with Gasteiger partial charge >= 0.3 is 0 Å². The molecular weight excluding hydrogens is 410 g/mol. The fourth-order valence-electron chi connectivity index (χ4n) is 4.48. The molecule has 1 aliphatic heterocycles. The molecule has 33 heavy (non-hydrogen) atoms. The largest absolute Gasteiger partial charge is 0.492 e. The molecule has 1 N–H and O–H groups in total. The van der Waals surface area contributed by atoms with E-state index in [0.29, 0.717) is 12.6 Å². The Morgan fingerprint density at radius 3 is 2.39 bits per heavy atom. The lowest BCUT2D eigenvalue weighted by atomic mass is 9.95. The highest BCUT2D eigenvalue weighted by atomic mass is 16.5. The number of nitrogens with zero attached hydrogens (tertiary/aromatic N) is 4. The Labute approximate surface area is 194 Å². The van der Waals surface area contributed by atoms with Crippen LogP contribution in [0.5, 0.6) is 5.75 Å². The number of aromatic nitrogens is 3. The van der Waals surface area contributed by atoms with Crippen LogP contribution in [0.15, 0.2) is 60.7 Å². The van der Waals surface area contributed by atoms with Gasteiger partial charge in [-0.1, -0.05) is 24.3 Å². The van der Waals surface area contributed by atoms with E-state index in [1.54, 1.807) is 0 Å². The summed E-state index contributed by atoms with van der Waals surface area (Å²) in [5.41, 5.74) is 7.36. The minimum Gasteiger partial charge on any atom is -0.492 e. The normalized spacial score (nSPS) is 14.0. The molecule has 6 nitrogen and oxygen atoms in total. The van der Waals surface area contributed by atoms with E-state index < -0.39 is 0 Å².